The van der Waals surface area contributed by atoms with Crippen LogP contribution in [0.25, 0.3) is 0 Å². The predicted molar refractivity (Wildman–Crippen MR) is 40.2 cm³/mol. The SMILES string of the molecule is NOCc1cccc(F)c1CF. The molecule has 2 nitrogen and oxygen atoms in total. The number of alkyl halides is 1. The molecule has 0 aliphatic heterocycles. The van der Waals surface area contributed by atoms with Gasteiger partial charge in [0.25, 0.3) is 0 Å². The molecule has 12 heavy (non-hydrogen) atoms. The Labute approximate surface area is 68.9 Å². The van der Waals surface area contributed by atoms with Crippen LogP contribution in [-0.4, -0.2) is 0 Å². The molecular weight excluding hydrogens is 164 g/mol. The fourth-order valence-corrected chi connectivity index (χ4v) is 0.978. The molecule has 0 unspecified atom stereocenters. The van der Waals surface area contributed by atoms with E-state index in [9.17, 15) is 8.78 Å². The largest absolute Gasteiger partial charge is 0.300 e. The first-order chi connectivity index (χ1) is 5.79. The lowest BCUT2D eigenvalue weighted by atomic mass is 10.1. The highest BCUT2D eigenvalue weighted by atomic mass is 19.1. The summed E-state index contributed by atoms with van der Waals surface area (Å²) in [5.41, 5.74) is 0.461. The second-order valence-electron chi connectivity index (χ2n) is 2.32. The molecule has 0 atom stereocenters. The van der Waals surface area contributed by atoms with Gasteiger partial charge in [0.2, 0.25) is 0 Å². The van der Waals surface area contributed by atoms with Crippen molar-refractivity contribution in [2.45, 2.75) is 13.3 Å². The van der Waals surface area contributed by atoms with Crippen molar-refractivity contribution in [2.24, 2.45) is 5.90 Å². The standard InChI is InChI=1S/C8H9F2NO/c9-4-7-6(5-12-11)2-1-3-8(7)10/h1-3H,4-5,11H2. The van der Waals surface area contributed by atoms with Crippen molar-refractivity contribution in [2.75, 3.05) is 0 Å². The molecule has 0 saturated carbocycles. The van der Waals surface area contributed by atoms with Gasteiger partial charge < -0.3 is 0 Å². The fraction of sp³-hybridized carbons (Fsp3) is 0.250. The van der Waals surface area contributed by atoms with Gasteiger partial charge in [-0.15, -0.1) is 0 Å². The lowest BCUT2D eigenvalue weighted by molar-refractivity contribution is 0.122. The molecule has 0 aliphatic rings. The Kier molecular flexibility index (Phi) is 3.13. The first-order valence-electron chi connectivity index (χ1n) is 3.43. The van der Waals surface area contributed by atoms with Gasteiger partial charge in [-0.05, 0) is 11.6 Å². The Morgan fingerprint density at radius 1 is 1.42 bits per heavy atom. The van der Waals surface area contributed by atoms with Crippen molar-refractivity contribution in [1.29, 1.82) is 0 Å². The highest BCUT2D eigenvalue weighted by Crippen LogP contribution is 2.15. The average Bonchev–Trinajstić information content (AvgIpc) is 2.05. The summed E-state index contributed by atoms with van der Waals surface area (Å²) in [7, 11) is 0. The molecule has 2 N–H and O–H groups in total. The van der Waals surface area contributed by atoms with Crippen LogP contribution in [0.1, 0.15) is 11.1 Å². The van der Waals surface area contributed by atoms with Gasteiger partial charge in [-0.25, -0.2) is 14.7 Å². The topological polar surface area (TPSA) is 35.2 Å². The third-order valence-electron chi connectivity index (χ3n) is 1.59. The zero-order valence-electron chi connectivity index (χ0n) is 6.39. The lowest BCUT2D eigenvalue weighted by Crippen LogP contribution is -2.03. The fourth-order valence-electron chi connectivity index (χ4n) is 0.978. The van der Waals surface area contributed by atoms with E-state index < -0.39 is 12.5 Å². The summed E-state index contributed by atoms with van der Waals surface area (Å²) in [6.45, 7) is -0.817. The summed E-state index contributed by atoms with van der Waals surface area (Å²) >= 11 is 0. The van der Waals surface area contributed by atoms with Crippen LogP contribution < -0.4 is 5.90 Å². The molecule has 0 saturated heterocycles. The van der Waals surface area contributed by atoms with Crippen LogP contribution in [0.5, 0.6) is 0 Å². The molecule has 0 amide bonds. The van der Waals surface area contributed by atoms with Gasteiger partial charge in [0, 0.05) is 5.56 Å². The minimum Gasteiger partial charge on any atom is -0.300 e. The van der Waals surface area contributed by atoms with Crippen molar-refractivity contribution in [1.82, 2.24) is 0 Å². The molecule has 1 rings (SSSR count). The summed E-state index contributed by atoms with van der Waals surface area (Å²) in [5.74, 6) is 4.23. The van der Waals surface area contributed by atoms with Crippen LogP contribution in [0.15, 0.2) is 18.2 Å². The zero-order valence-corrected chi connectivity index (χ0v) is 6.39. The van der Waals surface area contributed by atoms with E-state index in [1.165, 1.54) is 12.1 Å². The van der Waals surface area contributed by atoms with Crippen LogP contribution in [0.4, 0.5) is 8.78 Å². The molecule has 0 fully saturated rings. The zero-order chi connectivity index (χ0) is 8.97. The van der Waals surface area contributed by atoms with E-state index in [1.54, 1.807) is 6.07 Å². The van der Waals surface area contributed by atoms with Crippen LogP contribution >= 0.6 is 0 Å². The summed E-state index contributed by atoms with van der Waals surface area (Å²) in [6.07, 6.45) is 0. The molecule has 0 radical (unpaired) electrons. The molecule has 4 heteroatoms. The van der Waals surface area contributed by atoms with E-state index in [2.05, 4.69) is 4.84 Å². The predicted octanol–water partition coefficient (Wildman–Crippen LogP) is 1.69. The summed E-state index contributed by atoms with van der Waals surface area (Å²) in [5, 5.41) is 0. The number of nitrogens with two attached hydrogens (primary N) is 1. The number of halogens is 2. The van der Waals surface area contributed by atoms with Crippen LogP contribution in [0, 0.1) is 5.82 Å². The van der Waals surface area contributed by atoms with Crippen LogP contribution in [-0.2, 0) is 18.1 Å². The Morgan fingerprint density at radius 3 is 2.75 bits per heavy atom. The molecule has 66 valence electrons. The molecule has 0 aliphatic carbocycles. The summed E-state index contributed by atoms with van der Waals surface area (Å²) in [4.78, 5) is 4.29. The normalized spacial score (nSPS) is 10.2. The van der Waals surface area contributed by atoms with E-state index in [4.69, 9.17) is 5.90 Å². The Balaban J connectivity index is 3.00. The average molecular weight is 173 g/mol. The maximum atomic E-state index is 12.8. The molecule has 0 aromatic heterocycles. The van der Waals surface area contributed by atoms with Gasteiger partial charge in [0.05, 0.1) is 6.61 Å². The van der Waals surface area contributed by atoms with E-state index >= 15 is 0 Å². The van der Waals surface area contributed by atoms with Gasteiger partial charge in [-0.1, -0.05) is 12.1 Å². The minimum atomic E-state index is -0.842. The van der Waals surface area contributed by atoms with Crippen molar-refractivity contribution in [3.8, 4) is 0 Å². The number of rotatable bonds is 3. The Hall–Kier alpha value is -1.00. The maximum Gasteiger partial charge on any atom is 0.129 e. The molecular formula is C8H9F2NO. The van der Waals surface area contributed by atoms with Crippen LogP contribution in [0.3, 0.4) is 0 Å². The second kappa shape index (κ2) is 4.13. The van der Waals surface area contributed by atoms with Crippen molar-refractivity contribution in [3.63, 3.8) is 0 Å². The van der Waals surface area contributed by atoms with E-state index in [-0.39, 0.29) is 12.2 Å². The van der Waals surface area contributed by atoms with Gasteiger partial charge in [-0.3, -0.25) is 4.84 Å². The lowest BCUT2D eigenvalue weighted by Gasteiger charge is -2.04. The minimum absolute atomic E-state index is 0.0166. The van der Waals surface area contributed by atoms with Crippen molar-refractivity contribution in [3.05, 3.63) is 35.1 Å². The third-order valence-corrected chi connectivity index (χ3v) is 1.59. The smallest absolute Gasteiger partial charge is 0.129 e. The Bertz CT molecular complexity index is 265. The monoisotopic (exact) mass is 173 g/mol. The quantitative estimate of drug-likeness (QED) is 0.706. The van der Waals surface area contributed by atoms with Gasteiger partial charge >= 0.3 is 0 Å². The highest BCUT2D eigenvalue weighted by Gasteiger charge is 2.06. The number of hydrogen-bond acceptors (Lipinski definition) is 2. The second-order valence-corrected chi connectivity index (χ2v) is 2.32. The van der Waals surface area contributed by atoms with E-state index in [0.717, 1.165) is 0 Å². The van der Waals surface area contributed by atoms with Gasteiger partial charge in [0.15, 0.2) is 0 Å². The van der Waals surface area contributed by atoms with E-state index in [0.29, 0.717) is 5.56 Å². The van der Waals surface area contributed by atoms with Gasteiger partial charge in [-0.2, -0.15) is 0 Å². The number of hydrogen-bond donors (Lipinski definition) is 1. The molecule has 0 spiro atoms. The first-order valence-corrected chi connectivity index (χ1v) is 3.43. The third kappa shape index (κ3) is 1.78. The maximum absolute atomic E-state index is 12.8. The van der Waals surface area contributed by atoms with Crippen molar-refractivity contribution < 1.29 is 13.6 Å². The molecule has 0 bridgehead atoms. The molecule has 1 aromatic rings. The van der Waals surface area contributed by atoms with Gasteiger partial charge in [0.1, 0.15) is 12.5 Å². The van der Waals surface area contributed by atoms with Crippen molar-refractivity contribution >= 4 is 0 Å². The highest BCUT2D eigenvalue weighted by molar-refractivity contribution is 5.27. The first kappa shape index (κ1) is 9.09. The summed E-state index contributed by atoms with van der Waals surface area (Å²) < 4.78 is 25.1. The Morgan fingerprint density at radius 2 is 2.17 bits per heavy atom. The summed E-state index contributed by atoms with van der Waals surface area (Å²) in [6, 6.07) is 4.27. The number of benzene rings is 1. The molecule has 1 aromatic carbocycles. The molecule has 0 heterocycles. The van der Waals surface area contributed by atoms with Crippen LogP contribution in [0.2, 0.25) is 0 Å². The van der Waals surface area contributed by atoms with E-state index in [1.807, 2.05) is 0 Å².